The van der Waals surface area contributed by atoms with Crippen molar-refractivity contribution in [2.75, 3.05) is 32.7 Å². The van der Waals surface area contributed by atoms with Crippen LogP contribution in [-0.2, 0) is 4.79 Å². The number of hydrogen-bond donors (Lipinski definition) is 1. The lowest BCUT2D eigenvalue weighted by molar-refractivity contribution is -0.133. The topological polar surface area (TPSA) is 82.4 Å². The number of aryl methyl sites for hydroxylation is 1. The average molecular weight is 486 g/mol. The predicted molar refractivity (Wildman–Crippen MR) is 141 cm³/mol. The smallest absolute Gasteiger partial charge is 0.236 e. The van der Waals surface area contributed by atoms with E-state index in [0.717, 1.165) is 67.0 Å². The Hall–Kier alpha value is -3.26. The van der Waals surface area contributed by atoms with Crippen LogP contribution in [0.25, 0.3) is 27.8 Å². The SMILES string of the molecule is Cc1cc(-c2[nH]c3ccc(C4CCN(C(=O)CN5CCCC5)CC4)cc3c2C(C)C)cn2nnnc12. The van der Waals surface area contributed by atoms with Gasteiger partial charge in [-0.25, -0.2) is 0 Å². The number of fused-ring (bicyclic) bond motifs is 2. The molecule has 188 valence electrons. The van der Waals surface area contributed by atoms with E-state index in [1.165, 1.54) is 29.4 Å². The number of piperidine rings is 1. The van der Waals surface area contributed by atoms with E-state index in [9.17, 15) is 4.79 Å². The number of H-pyrrole nitrogens is 1. The lowest BCUT2D eigenvalue weighted by Gasteiger charge is -2.33. The van der Waals surface area contributed by atoms with E-state index in [0.29, 0.717) is 24.3 Å². The van der Waals surface area contributed by atoms with Gasteiger partial charge in [0.1, 0.15) is 0 Å². The molecule has 8 heteroatoms. The number of amides is 1. The second-order valence-corrected chi connectivity index (χ2v) is 10.9. The summed E-state index contributed by atoms with van der Waals surface area (Å²) in [5.74, 6) is 1.15. The Morgan fingerprint density at radius 1 is 1.11 bits per heavy atom. The molecule has 36 heavy (non-hydrogen) atoms. The summed E-state index contributed by atoms with van der Waals surface area (Å²) >= 11 is 0. The Morgan fingerprint density at radius 3 is 2.64 bits per heavy atom. The summed E-state index contributed by atoms with van der Waals surface area (Å²) in [6.45, 7) is 11.0. The number of benzene rings is 1. The Balaban J connectivity index is 1.26. The number of tetrazole rings is 1. The quantitative estimate of drug-likeness (QED) is 0.450. The van der Waals surface area contributed by atoms with Gasteiger partial charge in [-0.1, -0.05) is 19.9 Å². The van der Waals surface area contributed by atoms with Gasteiger partial charge in [-0.15, -0.1) is 5.10 Å². The minimum absolute atomic E-state index is 0.304. The average Bonchev–Trinajstić information content (AvgIpc) is 3.63. The normalized spacial score (nSPS) is 17.7. The summed E-state index contributed by atoms with van der Waals surface area (Å²) in [5.41, 5.74) is 7.94. The summed E-state index contributed by atoms with van der Waals surface area (Å²) in [6, 6.07) is 9.06. The van der Waals surface area contributed by atoms with Crippen LogP contribution in [0.1, 0.15) is 68.1 Å². The summed E-state index contributed by atoms with van der Waals surface area (Å²) in [7, 11) is 0. The molecule has 5 heterocycles. The molecule has 0 spiro atoms. The van der Waals surface area contributed by atoms with E-state index in [2.05, 4.69) is 68.4 Å². The molecule has 2 aliphatic rings. The van der Waals surface area contributed by atoms with Crippen LogP contribution in [0, 0.1) is 6.92 Å². The molecule has 0 saturated carbocycles. The zero-order valence-corrected chi connectivity index (χ0v) is 21.5. The molecule has 0 aliphatic carbocycles. The number of nitrogens with one attached hydrogen (secondary N) is 1. The molecule has 1 aromatic carbocycles. The van der Waals surface area contributed by atoms with E-state index in [4.69, 9.17) is 0 Å². The van der Waals surface area contributed by atoms with Gasteiger partial charge < -0.3 is 9.88 Å². The van der Waals surface area contributed by atoms with Gasteiger partial charge in [0.2, 0.25) is 5.91 Å². The fraction of sp³-hybridized carbons (Fsp3) is 0.500. The first-order valence-corrected chi connectivity index (χ1v) is 13.3. The molecule has 3 aromatic heterocycles. The zero-order valence-electron chi connectivity index (χ0n) is 21.5. The first kappa shape index (κ1) is 23.2. The molecule has 0 unspecified atom stereocenters. The summed E-state index contributed by atoms with van der Waals surface area (Å²) in [5, 5.41) is 13.4. The van der Waals surface area contributed by atoms with E-state index >= 15 is 0 Å². The van der Waals surface area contributed by atoms with Crippen LogP contribution < -0.4 is 0 Å². The van der Waals surface area contributed by atoms with Crippen LogP contribution in [0.15, 0.2) is 30.5 Å². The molecule has 2 aliphatic heterocycles. The monoisotopic (exact) mass is 485 g/mol. The van der Waals surface area contributed by atoms with E-state index < -0.39 is 0 Å². The molecule has 4 aromatic rings. The lowest BCUT2D eigenvalue weighted by atomic mass is 9.87. The Kier molecular flexibility index (Phi) is 5.99. The molecule has 1 amide bonds. The Labute approximate surface area is 211 Å². The molecule has 2 fully saturated rings. The highest BCUT2D eigenvalue weighted by Crippen LogP contribution is 2.38. The van der Waals surface area contributed by atoms with Crippen LogP contribution in [0.5, 0.6) is 0 Å². The molecule has 0 atom stereocenters. The second kappa shape index (κ2) is 9.32. The van der Waals surface area contributed by atoms with Crippen molar-refractivity contribution in [2.45, 2.75) is 58.3 Å². The maximum absolute atomic E-state index is 12.8. The number of likely N-dealkylation sites (tertiary alicyclic amines) is 2. The van der Waals surface area contributed by atoms with Gasteiger partial charge in [0, 0.05) is 35.8 Å². The third-order valence-electron chi connectivity index (χ3n) is 8.08. The van der Waals surface area contributed by atoms with Gasteiger partial charge in [0.25, 0.3) is 0 Å². The van der Waals surface area contributed by atoms with Gasteiger partial charge in [-0.3, -0.25) is 9.69 Å². The molecule has 6 rings (SSSR count). The number of hydrogen-bond acceptors (Lipinski definition) is 5. The molecule has 1 N–H and O–H groups in total. The van der Waals surface area contributed by atoms with Gasteiger partial charge >= 0.3 is 0 Å². The van der Waals surface area contributed by atoms with E-state index in [1.807, 2.05) is 13.1 Å². The van der Waals surface area contributed by atoms with Crippen molar-refractivity contribution in [3.05, 3.63) is 47.2 Å². The molecule has 8 nitrogen and oxygen atoms in total. The van der Waals surface area contributed by atoms with Crippen LogP contribution in [0.4, 0.5) is 0 Å². The van der Waals surface area contributed by atoms with Crippen molar-refractivity contribution in [3.63, 3.8) is 0 Å². The van der Waals surface area contributed by atoms with Crippen LogP contribution in [0.3, 0.4) is 0 Å². The summed E-state index contributed by atoms with van der Waals surface area (Å²) in [6.07, 6.45) is 6.52. The zero-order chi connectivity index (χ0) is 24.8. The summed E-state index contributed by atoms with van der Waals surface area (Å²) in [4.78, 5) is 20.9. The van der Waals surface area contributed by atoms with E-state index in [-0.39, 0.29) is 0 Å². The maximum atomic E-state index is 12.8. The van der Waals surface area contributed by atoms with Crippen molar-refractivity contribution in [3.8, 4) is 11.3 Å². The first-order chi connectivity index (χ1) is 17.5. The number of aromatic amines is 1. The Morgan fingerprint density at radius 2 is 1.89 bits per heavy atom. The lowest BCUT2D eigenvalue weighted by Crippen LogP contribution is -2.43. The van der Waals surface area contributed by atoms with Gasteiger partial charge in [-0.2, -0.15) is 4.52 Å². The van der Waals surface area contributed by atoms with Crippen molar-refractivity contribution in [1.82, 2.24) is 34.8 Å². The third kappa shape index (κ3) is 4.17. The molecular formula is C28H35N7O. The highest BCUT2D eigenvalue weighted by Gasteiger charge is 2.26. The van der Waals surface area contributed by atoms with Crippen LogP contribution in [-0.4, -0.2) is 73.5 Å². The van der Waals surface area contributed by atoms with Crippen molar-refractivity contribution >= 4 is 22.5 Å². The largest absolute Gasteiger partial charge is 0.354 e. The van der Waals surface area contributed by atoms with Gasteiger partial charge in [0.15, 0.2) is 5.65 Å². The van der Waals surface area contributed by atoms with Crippen molar-refractivity contribution in [2.24, 2.45) is 0 Å². The number of pyridine rings is 1. The molecule has 2 saturated heterocycles. The van der Waals surface area contributed by atoms with E-state index in [1.54, 1.807) is 4.52 Å². The molecule has 0 bridgehead atoms. The highest BCUT2D eigenvalue weighted by atomic mass is 16.2. The van der Waals surface area contributed by atoms with Crippen LogP contribution in [0.2, 0.25) is 0 Å². The summed E-state index contributed by atoms with van der Waals surface area (Å²) < 4.78 is 1.75. The number of carbonyl (C=O) groups is 1. The minimum atomic E-state index is 0.304. The molecular weight excluding hydrogens is 450 g/mol. The van der Waals surface area contributed by atoms with Crippen LogP contribution >= 0.6 is 0 Å². The number of nitrogens with zero attached hydrogens (tertiary/aromatic N) is 6. The van der Waals surface area contributed by atoms with Crippen molar-refractivity contribution < 1.29 is 4.79 Å². The predicted octanol–water partition coefficient (Wildman–Crippen LogP) is 4.51. The number of rotatable bonds is 5. The molecule has 0 radical (unpaired) electrons. The third-order valence-corrected chi connectivity index (χ3v) is 8.08. The first-order valence-electron chi connectivity index (χ1n) is 13.3. The van der Waals surface area contributed by atoms with Gasteiger partial charge in [-0.05, 0) is 103 Å². The van der Waals surface area contributed by atoms with Gasteiger partial charge in [0.05, 0.1) is 12.2 Å². The minimum Gasteiger partial charge on any atom is -0.354 e. The highest BCUT2D eigenvalue weighted by molar-refractivity contribution is 5.92. The number of carbonyl (C=O) groups excluding carboxylic acids is 1. The number of aromatic nitrogens is 5. The second-order valence-electron chi connectivity index (χ2n) is 10.9. The fourth-order valence-corrected chi connectivity index (χ4v) is 6.15. The standard InChI is InChI=1S/C28H35N7O/c1-18(2)26-23-15-21(20-8-12-34(13-9-20)25(36)17-33-10-4-5-11-33)6-7-24(23)29-27(26)22-14-19(3)28-30-31-32-35(28)16-22/h6-7,14-16,18,20,29H,4-5,8-13,17H2,1-3H3. The van der Waals surface area contributed by atoms with Crippen molar-refractivity contribution in [1.29, 1.82) is 0 Å². The Bertz CT molecular complexity index is 1400. The fourth-order valence-electron chi connectivity index (χ4n) is 6.15. The maximum Gasteiger partial charge on any atom is 0.236 e.